The maximum Gasteiger partial charge on any atom is 0.249 e. The lowest BCUT2D eigenvalue weighted by Crippen LogP contribution is -2.53. The summed E-state index contributed by atoms with van der Waals surface area (Å²) in [5.74, 6) is 0.466. The third-order valence-electron chi connectivity index (χ3n) is 3.61. The third kappa shape index (κ3) is 4.07. The second kappa shape index (κ2) is 7.30. The molecule has 1 unspecified atom stereocenters. The first kappa shape index (κ1) is 15.7. The molecule has 0 saturated carbocycles. The molecule has 1 aliphatic rings. The van der Waals surface area contributed by atoms with Gasteiger partial charge in [0.25, 0.3) is 0 Å². The molecule has 0 N–H and O–H groups in total. The van der Waals surface area contributed by atoms with Crippen molar-refractivity contribution in [3.63, 3.8) is 0 Å². The van der Waals surface area contributed by atoms with Crippen LogP contribution in [0.3, 0.4) is 0 Å². The monoisotopic (exact) mass is 263 g/mol. The van der Waals surface area contributed by atoms with Gasteiger partial charge in [-0.05, 0) is 19.3 Å². The summed E-state index contributed by atoms with van der Waals surface area (Å²) >= 11 is 0. The van der Waals surface area contributed by atoms with Crippen LogP contribution >= 0.6 is 0 Å². The SMILES string of the molecule is CCC=C(C)C(=O)N1CCN(C(C#N)C(C)C)CC1. The molecule has 1 atom stereocenters. The van der Waals surface area contributed by atoms with Crippen LogP contribution in [0.25, 0.3) is 0 Å². The molecule has 0 aromatic rings. The highest BCUT2D eigenvalue weighted by Gasteiger charge is 2.27. The number of carbonyl (C=O) groups is 1. The van der Waals surface area contributed by atoms with Gasteiger partial charge >= 0.3 is 0 Å². The van der Waals surface area contributed by atoms with Gasteiger partial charge in [-0.1, -0.05) is 26.8 Å². The number of amides is 1. The van der Waals surface area contributed by atoms with Gasteiger partial charge in [0.1, 0.15) is 6.04 Å². The third-order valence-corrected chi connectivity index (χ3v) is 3.61. The molecule has 4 heteroatoms. The normalized spacial score (nSPS) is 19.4. The van der Waals surface area contributed by atoms with Crippen molar-refractivity contribution >= 4 is 5.91 Å². The van der Waals surface area contributed by atoms with Crippen molar-refractivity contribution in [2.45, 2.75) is 40.2 Å². The van der Waals surface area contributed by atoms with E-state index in [0.717, 1.165) is 38.2 Å². The molecule has 106 valence electrons. The van der Waals surface area contributed by atoms with Crippen molar-refractivity contribution in [2.75, 3.05) is 26.2 Å². The molecule has 0 aliphatic carbocycles. The highest BCUT2D eigenvalue weighted by Crippen LogP contribution is 2.14. The molecule has 1 saturated heterocycles. The Morgan fingerprint density at radius 3 is 2.32 bits per heavy atom. The number of piperazine rings is 1. The van der Waals surface area contributed by atoms with Crippen molar-refractivity contribution in [2.24, 2.45) is 5.92 Å². The van der Waals surface area contributed by atoms with E-state index in [1.165, 1.54) is 0 Å². The van der Waals surface area contributed by atoms with Crippen molar-refractivity contribution in [3.8, 4) is 6.07 Å². The fourth-order valence-corrected chi connectivity index (χ4v) is 2.50. The van der Waals surface area contributed by atoms with Gasteiger partial charge in [-0.3, -0.25) is 9.69 Å². The topological polar surface area (TPSA) is 47.3 Å². The van der Waals surface area contributed by atoms with Crippen LogP contribution in [0.2, 0.25) is 0 Å². The van der Waals surface area contributed by atoms with E-state index in [2.05, 4.69) is 24.8 Å². The first-order valence-electron chi connectivity index (χ1n) is 7.11. The highest BCUT2D eigenvalue weighted by molar-refractivity contribution is 5.92. The lowest BCUT2D eigenvalue weighted by molar-refractivity contribution is -0.129. The van der Waals surface area contributed by atoms with Crippen LogP contribution in [0.4, 0.5) is 0 Å². The van der Waals surface area contributed by atoms with E-state index in [-0.39, 0.29) is 11.9 Å². The van der Waals surface area contributed by atoms with Crippen LogP contribution in [0.1, 0.15) is 34.1 Å². The summed E-state index contributed by atoms with van der Waals surface area (Å²) in [6.07, 6.45) is 2.86. The summed E-state index contributed by atoms with van der Waals surface area (Å²) in [5.41, 5.74) is 0.830. The summed E-state index contributed by atoms with van der Waals surface area (Å²) < 4.78 is 0. The molecule has 4 nitrogen and oxygen atoms in total. The summed E-state index contributed by atoms with van der Waals surface area (Å²) in [6.45, 7) is 11.1. The van der Waals surface area contributed by atoms with Crippen molar-refractivity contribution in [1.82, 2.24) is 9.80 Å². The van der Waals surface area contributed by atoms with Crippen LogP contribution < -0.4 is 0 Å². The minimum atomic E-state index is -0.0375. The molecular weight excluding hydrogens is 238 g/mol. The summed E-state index contributed by atoms with van der Waals surface area (Å²) in [6, 6.07) is 2.33. The van der Waals surface area contributed by atoms with Crippen molar-refractivity contribution < 1.29 is 4.79 Å². The molecule has 0 aromatic heterocycles. The zero-order chi connectivity index (χ0) is 14.4. The molecule has 1 amide bonds. The average molecular weight is 263 g/mol. The van der Waals surface area contributed by atoms with E-state index >= 15 is 0 Å². The van der Waals surface area contributed by atoms with Crippen LogP contribution in [0, 0.1) is 17.2 Å². The van der Waals surface area contributed by atoms with Crippen LogP contribution in [0.15, 0.2) is 11.6 Å². The molecule has 1 aliphatic heterocycles. The summed E-state index contributed by atoms with van der Waals surface area (Å²) in [7, 11) is 0. The first-order valence-corrected chi connectivity index (χ1v) is 7.11. The zero-order valence-corrected chi connectivity index (χ0v) is 12.5. The van der Waals surface area contributed by atoms with Crippen LogP contribution in [0.5, 0.6) is 0 Å². The van der Waals surface area contributed by atoms with Gasteiger partial charge in [-0.15, -0.1) is 0 Å². The number of carbonyl (C=O) groups excluding carboxylic acids is 1. The lowest BCUT2D eigenvalue weighted by atomic mass is 10.0. The van der Waals surface area contributed by atoms with Gasteiger partial charge in [0.05, 0.1) is 6.07 Å². The van der Waals surface area contributed by atoms with E-state index < -0.39 is 0 Å². The van der Waals surface area contributed by atoms with Gasteiger partial charge < -0.3 is 4.90 Å². The molecule has 0 spiro atoms. The van der Waals surface area contributed by atoms with Gasteiger partial charge in [-0.25, -0.2) is 0 Å². The molecular formula is C15H25N3O. The summed E-state index contributed by atoms with van der Waals surface area (Å²) in [5, 5.41) is 9.20. The standard InChI is InChI=1S/C15H25N3O/c1-5-6-13(4)15(19)18-9-7-17(8-10-18)14(11-16)12(2)3/h6,12,14H,5,7-10H2,1-4H3. The van der Waals surface area contributed by atoms with Crippen molar-refractivity contribution in [1.29, 1.82) is 5.26 Å². The summed E-state index contributed by atoms with van der Waals surface area (Å²) in [4.78, 5) is 16.2. The minimum absolute atomic E-state index is 0.0375. The molecule has 0 bridgehead atoms. The molecule has 1 fully saturated rings. The van der Waals surface area contributed by atoms with E-state index in [4.69, 9.17) is 0 Å². The minimum Gasteiger partial charge on any atom is -0.336 e. The Labute approximate surface area is 116 Å². The Morgan fingerprint density at radius 1 is 1.32 bits per heavy atom. The first-order chi connectivity index (χ1) is 9.01. The molecule has 0 radical (unpaired) electrons. The van der Waals surface area contributed by atoms with E-state index in [1.807, 2.05) is 24.8 Å². The molecule has 0 aromatic carbocycles. The van der Waals surface area contributed by atoms with Crippen LogP contribution in [-0.2, 0) is 4.79 Å². The highest BCUT2D eigenvalue weighted by atomic mass is 16.2. The maximum absolute atomic E-state index is 12.1. The second-order valence-corrected chi connectivity index (χ2v) is 5.44. The average Bonchev–Trinajstić information content (AvgIpc) is 2.39. The smallest absolute Gasteiger partial charge is 0.249 e. The van der Waals surface area contributed by atoms with E-state index in [1.54, 1.807) is 0 Å². The van der Waals surface area contributed by atoms with E-state index in [0.29, 0.717) is 5.92 Å². The van der Waals surface area contributed by atoms with Gasteiger partial charge in [-0.2, -0.15) is 5.26 Å². The predicted molar refractivity (Wildman–Crippen MR) is 76.4 cm³/mol. The Kier molecular flexibility index (Phi) is 6.04. The number of nitrogens with zero attached hydrogens (tertiary/aromatic N) is 3. The lowest BCUT2D eigenvalue weighted by Gasteiger charge is -2.38. The number of nitriles is 1. The van der Waals surface area contributed by atoms with Crippen molar-refractivity contribution in [3.05, 3.63) is 11.6 Å². The number of allylic oxidation sites excluding steroid dienone is 1. The van der Waals surface area contributed by atoms with Gasteiger partial charge in [0.2, 0.25) is 5.91 Å². The van der Waals surface area contributed by atoms with Gasteiger partial charge in [0.15, 0.2) is 0 Å². The predicted octanol–water partition coefficient (Wildman–Crippen LogP) is 2.04. The second-order valence-electron chi connectivity index (χ2n) is 5.44. The molecule has 1 heterocycles. The van der Waals surface area contributed by atoms with Crippen LogP contribution in [-0.4, -0.2) is 47.9 Å². The van der Waals surface area contributed by atoms with E-state index in [9.17, 15) is 10.1 Å². The number of hydrogen-bond acceptors (Lipinski definition) is 3. The number of hydrogen-bond donors (Lipinski definition) is 0. The molecule has 19 heavy (non-hydrogen) atoms. The quantitative estimate of drug-likeness (QED) is 0.729. The fraction of sp³-hybridized carbons (Fsp3) is 0.733. The van der Waals surface area contributed by atoms with Gasteiger partial charge in [0, 0.05) is 31.8 Å². The number of rotatable bonds is 4. The molecule has 1 rings (SSSR count). The fourth-order valence-electron chi connectivity index (χ4n) is 2.50. The Hall–Kier alpha value is -1.34. The zero-order valence-electron chi connectivity index (χ0n) is 12.5. The Morgan fingerprint density at radius 2 is 1.89 bits per heavy atom. The maximum atomic E-state index is 12.1. The largest absolute Gasteiger partial charge is 0.336 e. The Balaban J connectivity index is 2.56. The Bertz CT molecular complexity index is 373.